The number of urea groups is 1. The summed E-state index contributed by atoms with van der Waals surface area (Å²) in [5.41, 5.74) is 5.53. The van der Waals surface area contributed by atoms with Crippen molar-refractivity contribution in [3.8, 4) is 0 Å². The predicted octanol–water partition coefficient (Wildman–Crippen LogP) is -1.03. The molecule has 8 nitrogen and oxygen atoms in total. The number of hydrogen-bond acceptors (Lipinski definition) is 5. The first-order valence-electron chi connectivity index (χ1n) is 5.19. The summed E-state index contributed by atoms with van der Waals surface area (Å²) < 4.78 is 1.34. The molecule has 0 atom stereocenters. The Balaban J connectivity index is 2.45. The lowest BCUT2D eigenvalue weighted by Gasteiger charge is -2.04. The number of imide groups is 1. The molecule has 0 radical (unpaired) electrons. The van der Waals surface area contributed by atoms with Gasteiger partial charge >= 0.3 is 6.03 Å². The van der Waals surface area contributed by atoms with Crippen molar-refractivity contribution < 1.29 is 9.59 Å². The molecule has 4 N–H and O–H groups in total. The molecule has 0 saturated carbocycles. The minimum absolute atomic E-state index is 0.0857. The van der Waals surface area contributed by atoms with Crippen LogP contribution in [0.1, 0.15) is 19.5 Å². The third-order valence-corrected chi connectivity index (χ3v) is 1.85. The lowest BCUT2D eigenvalue weighted by Crippen LogP contribution is -2.37. The van der Waals surface area contributed by atoms with E-state index < -0.39 is 11.9 Å². The third kappa shape index (κ3) is 5.07. The van der Waals surface area contributed by atoms with E-state index in [1.165, 1.54) is 4.68 Å². The molecule has 0 aliphatic heterocycles. The van der Waals surface area contributed by atoms with E-state index in [1.807, 2.05) is 19.2 Å². The molecule has 8 heteroatoms. The highest BCUT2D eigenvalue weighted by Gasteiger charge is 2.07. The van der Waals surface area contributed by atoms with Crippen molar-refractivity contribution in [2.24, 2.45) is 5.73 Å². The maximum atomic E-state index is 11.2. The molecule has 0 aromatic carbocycles. The summed E-state index contributed by atoms with van der Waals surface area (Å²) in [4.78, 5) is 21.6. The van der Waals surface area contributed by atoms with Crippen LogP contribution in [0.15, 0.2) is 6.20 Å². The van der Waals surface area contributed by atoms with Crippen molar-refractivity contribution in [2.45, 2.75) is 33.0 Å². The Labute approximate surface area is 98.5 Å². The van der Waals surface area contributed by atoms with Gasteiger partial charge in [0.1, 0.15) is 6.54 Å². The maximum Gasteiger partial charge on any atom is 0.318 e. The minimum atomic E-state index is -0.878. The zero-order chi connectivity index (χ0) is 12.8. The van der Waals surface area contributed by atoms with Crippen molar-refractivity contribution in [3.05, 3.63) is 11.9 Å². The van der Waals surface area contributed by atoms with Crippen LogP contribution in [0.3, 0.4) is 0 Å². The SMILES string of the molecule is CC(C)NCc1cn(CC(=O)NC(N)=O)nn1. The van der Waals surface area contributed by atoms with Gasteiger partial charge in [0.15, 0.2) is 0 Å². The Morgan fingerprint density at radius 2 is 2.24 bits per heavy atom. The normalized spacial score (nSPS) is 10.5. The number of nitrogens with one attached hydrogen (secondary N) is 2. The van der Waals surface area contributed by atoms with E-state index in [-0.39, 0.29) is 6.54 Å². The van der Waals surface area contributed by atoms with E-state index >= 15 is 0 Å². The van der Waals surface area contributed by atoms with E-state index in [0.717, 1.165) is 5.69 Å². The van der Waals surface area contributed by atoms with E-state index in [0.29, 0.717) is 12.6 Å². The fourth-order valence-electron chi connectivity index (χ4n) is 1.13. The number of rotatable bonds is 5. The molecular weight excluding hydrogens is 224 g/mol. The van der Waals surface area contributed by atoms with Gasteiger partial charge in [-0.3, -0.25) is 10.1 Å². The smallest absolute Gasteiger partial charge is 0.318 e. The molecular formula is C9H16N6O2. The largest absolute Gasteiger partial charge is 0.351 e. The molecule has 0 saturated heterocycles. The molecule has 1 aromatic heterocycles. The van der Waals surface area contributed by atoms with Crippen LogP contribution >= 0.6 is 0 Å². The van der Waals surface area contributed by atoms with Gasteiger partial charge in [0.2, 0.25) is 5.91 Å². The topological polar surface area (TPSA) is 115 Å². The molecule has 0 unspecified atom stereocenters. The van der Waals surface area contributed by atoms with Gasteiger partial charge in [0, 0.05) is 12.6 Å². The Hall–Kier alpha value is -1.96. The molecule has 3 amide bonds. The zero-order valence-corrected chi connectivity index (χ0v) is 9.80. The van der Waals surface area contributed by atoms with Crippen LogP contribution in [0.5, 0.6) is 0 Å². The second-order valence-corrected chi connectivity index (χ2v) is 3.86. The van der Waals surface area contributed by atoms with E-state index in [4.69, 9.17) is 5.73 Å². The van der Waals surface area contributed by atoms with Crippen LogP contribution in [0.25, 0.3) is 0 Å². The van der Waals surface area contributed by atoms with Crippen molar-refractivity contribution >= 4 is 11.9 Å². The van der Waals surface area contributed by atoms with E-state index in [2.05, 4.69) is 15.6 Å². The Bertz CT molecular complexity index is 400. The summed E-state index contributed by atoms with van der Waals surface area (Å²) >= 11 is 0. The summed E-state index contributed by atoms with van der Waals surface area (Å²) in [6.07, 6.45) is 1.63. The molecule has 1 aromatic rings. The van der Waals surface area contributed by atoms with Crippen molar-refractivity contribution in [1.82, 2.24) is 25.6 Å². The molecule has 1 heterocycles. The van der Waals surface area contributed by atoms with E-state index in [1.54, 1.807) is 6.20 Å². The minimum Gasteiger partial charge on any atom is -0.351 e. The van der Waals surface area contributed by atoms with Crippen LogP contribution < -0.4 is 16.4 Å². The lowest BCUT2D eigenvalue weighted by atomic mass is 10.3. The van der Waals surface area contributed by atoms with Crippen LogP contribution in [0.2, 0.25) is 0 Å². The lowest BCUT2D eigenvalue weighted by molar-refractivity contribution is -0.120. The van der Waals surface area contributed by atoms with Crippen molar-refractivity contribution in [2.75, 3.05) is 0 Å². The number of hydrogen-bond donors (Lipinski definition) is 3. The van der Waals surface area contributed by atoms with Gasteiger partial charge in [-0.2, -0.15) is 0 Å². The number of nitrogens with two attached hydrogens (primary N) is 1. The Morgan fingerprint density at radius 1 is 1.53 bits per heavy atom. The van der Waals surface area contributed by atoms with E-state index in [9.17, 15) is 9.59 Å². The number of primary amides is 1. The number of carbonyl (C=O) groups is 2. The Morgan fingerprint density at radius 3 is 2.82 bits per heavy atom. The van der Waals surface area contributed by atoms with Gasteiger partial charge in [-0.25, -0.2) is 9.48 Å². The number of amides is 3. The molecule has 94 valence electrons. The first-order chi connectivity index (χ1) is 7.97. The number of nitrogens with zero attached hydrogens (tertiary/aromatic N) is 3. The number of carbonyl (C=O) groups excluding carboxylic acids is 2. The van der Waals surface area contributed by atoms with Crippen LogP contribution in [0, 0.1) is 0 Å². The van der Waals surface area contributed by atoms with Gasteiger partial charge in [0.25, 0.3) is 0 Å². The quantitative estimate of drug-likeness (QED) is 0.608. The van der Waals surface area contributed by atoms with Crippen molar-refractivity contribution in [1.29, 1.82) is 0 Å². The molecule has 17 heavy (non-hydrogen) atoms. The second kappa shape index (κ2) is 5.94. The van der Waals surface area contributed by atoms with Gasteiger partial charge in [-0.15, -0.1) is 5.10 Å². The molecule has 0 aliphatic rings. The second-order valence-electron chi connectivity index (χ2n) is 3.86. The van der Waals surface area contributed by atoms with Crippen LogP contribution in [-0.4, -0.2) is 33.0 Å². The molecule has 0 spiro atoms. The highest BCUT2D eigenvalue weighted by molar-refractivity contribution is 5.93. The summed E-state index contributed by atoms with van der Waals surface area (Å²) in [6, 6.07) is -0.532. The molecule has 0 bridgehead atoms. The molecule has 0 aliphatic carbocycles. The first-order valence-corrected chi connectivity index (χ1v) is 5.19. The summed E-state index contributed by atoms with van der Waals surface area (Å²) in [5, 5.41) is 12.7. The third-order valence-electron chi connectivity index (χ3n) is 1.85. The summed E-state index contributed by atoms with van der Waals surface area (Å²) in [6.45, 7) is 4.53. The van der Waals surface area contributed by atoms with Gasteiger partial charge in [-0.1, -0.05) is 19.1 Å². The predicted molar refractivity (Wildman–Crippen MR) is 59.7 cm³/mol. The van der Waals surface area contributed by atoms with Crippen molar-refractivity contribution in [3.63, 3.8) is 0 Å². The highest BCUT2D eigenvalue weighted by atomic mass is 16.2. The fraction of sp³-hybridized carbons (Fsp3) is 0.556. The standard InChI is InChI=1S/C9H16N6O2/c1-6(2)11-3-7-4-15(14-13-7)5-8(16)12-9(10)17/h4,6,11H,3,5H2,1-2H3,(H3,10,12,16,17). The Kier molecular flexibility index (Phi) is 4.58. The first kappa shape index (κ1) is 13.1. The van der Waals surface area contributed by atoms with Gasteiger partial charge in [0.05, 0.1) is 11.9 Å². The summed E-state index contributed by atoms with van der Waals surface area (Å²) in [7, 11) is 0. The maximum absolute atomic E-state index is 11.2. The van der Waals surface area contributed by atoms with Gasteiger partial charge in [-0.05, 0) is 0 Å². The van der Waals surface area contributed by atoms with Crippen LogP contribution in [0.4, 0.5) is 4.79 Å². The number of aromatic nitrogens is 3. The highest BCUT2D eigenvalue weighted by Crippen LogP contribution is 1.93. The average Bonchev–Trinajstić information content (AvgIpc) is 2.61. The summed E-state index contributed by atoms with van der Waals surface area (Å²) in [5.74, 6) is -0.522. The van der Waals surface area contributed by atoms with Crippen LogP contribution in [-0.2, 0) is 17.9 Å². The molecule has 0 fully saturated rings. The zero-order valence-electron chi connectivity index (χ0n) is 9.80. The monoisotopic (exact) mass is 240 g/mol. The fourth-order valence-corrected chi connectivity index (χ4v) is 1.13. The van der Waals surface area contributed by atoms with Gasteiger partial charge < -0.3 is 11.1 Å². The average molecular weight is 240 g/mol. The molecule has 1 rings (SSSR count).